The lowest BCUT2D eigenvalue weighted by atomic mass is 10.0. The van der Waals surface area contributed by atoms with E-state index in [-0.39, 0.29) is 31.6 Å². The topological polar surface area (TPSA) is 78.9 Å². The smallest absolute Gasteiger partial charge is 0.306 e. The molecule has 0 aromatic carbocycles. The standard InChI is InChI=1S/C74H118O6/c1-4-7-10-13-16-19-22-25-28-30-32-33-34-35-36-37-38-39-40-41-43-44-46-49-52-55-58-61-64-67-73(76)79-70-71(69-78-72(75)66-63-60-57-54-51-48-27-24-21-18-15-12-9-6-3)80-74(77)68-65-62-59-56-53-50-47-45-42-31-29-26-23-20-17-14-11-8-5-2/h7-8,10-11,15-20,24-29,32-33,35-36,42,45,50,53,59,62,71H,4-6,9,12-14,21-23,30-31,34,37-41,43-44,46-49,51-52,54-58,60-61,63-70H2,1-3H3/b10-7-,11-8-,18-15-,19-16-,20-17-,27-24-,28-25-,29-26-,33-32-,36-35-,45-42-,53-50-,62-59-. The molecule has 0 aliphatic heterocycles. The van der Waals surface area contributed by atoms with Crippen molar-refractivity contribution in [1.29, 1.82) is 0 Å². The molecule has 6 nitrogen and oxygen atoms in total. The van der Waals surface area contributed by atoms with Crippen LogP contribution in [0.1, 0.15) is 271 Å². The van der Waals surface area contributed by atoms with Crippen LogP contribution in [0.25, 0.3) is 0 Å². The fraction of sp³-hybridized carbons (Fsp3) is 0.608. The van der Waals surface area contributed by atoms with E-state index >= 15 is 0 Å². The van der Waals surface area contributed by atoms with Crippen molar-refractivity contribution in [1.82, 2.24) is 0 Å². The zero-order valence-corrected chi connectivity index (χ0v) is 51.5. The first-order chi connectivity index (χ1) is 39.5. The van der Waals surface area contributed by atoms with E-state index in [1.54, 1.807) is 0 Å². The zero-order chi connectivity index (χ0) is 57.8. The molecular weight excluding hydrogens is 985 g/mol. The molecule has 0 rings (SSSR count). The molecule has 80 heavy (non-hydrogen) atoms. The van der Waals surface area contributed by atoms with Crippen molar-refractivity contribution >= 4 is 17.9 Å². The zero-order valence-electron chi connectivity index (χ0n) is 51.5. The molecule has 0 radical (unpaired) electrons. The molecule has 0 spiro atoms. The summed E-state index contributed by atoms with van der Waals surface area (Å²) < 4.78 is 16.8. The van der Waals surface area contributed by atoms with E-state index in [1.807, 2.05) is 6.08 Å². The second kappa shape index (κ2) is 66.5. The average molecular weight is 1100 g/mol. The van der Waals surface area contributed by atoms with Gasteiger partial charge < -0.3 is 14.2 Å². The summed E-state index contributed by atoms with van der Waals surface area (Å²) in [6.07, 6.45) is 96.9. The highest BCUT2D eigenvalue weighted by Gasteiger charge is 2.19. The number of unbranched alkanes of at least 4 members (excludes halogenated alkanes) is 20. The molecule has 6 heteroatoms. The van der Waals surface area contributed by atoms with E-state index in [1.165, 1.54) is 89.9 Å². The monoisotopic (exact) mass is 1100 g/mol. The van der Waals surface area contributed by atoms with Gasteiger partial charge in [-0.15, -0.1) is 0 Å². The molecule has 0 bridgehead atoms. The van der Waals surface area contributed by atoms with Crippen molar-refractivity contribution in [3.8, 4) is 0 Å². The van der Waals surface area contributed by atoms with Gasteiger partial charge in [0.05, 0.1) is 0 Å². The minimum atomic E-state index is -0.833. The lowest BCUT2D eigenvalue weighted by molar-refractivity contribution is -0.166. The predicted octanol–water partition coefficient (Wildman–Crippen LogP) is 22.5. The molecule has 1 atom stereocenters. The molecule has 0 saturated heterocycles. The van der Waals surface area contributed by atoms with Crippen LogP contribution in [0.15, 0.2) is 158 Å². The number of allylic oxidation sites excluding steroid dienone is 26. The normalized spacial score (nSPS) is 13.2. The van der Waals surface area contributed by atoms with Gasteiger partial charge >= 0.3 is 17.9 Å². The van der Waals surface area contributed by atoms with Gasteiger partial charge in [-0.05, 0) is 128 Å². The number of hydrogen-bond donors (Lipinski definition) is 0. The van der Waals surface area contributed by atoms with Gasteiger partial charge in [-0.3, -0.25) is 14.4 Å². The van der Waals surface area contributed by atoms with Crippen LogP contribution in [-0.2, 0) is 28.6 Å². The first-order valence-corrected chi connectivity index (χ1v) is 32.5. The molecule has 0 aromatic rings. The maximum absolute atomic E-state index is 12.9. The lowest BCUT2D eigenvalue weighted by Gasteiger charge is -2.18. The second-order valence-corrected chi connectivity index (χ2v) is 20.9. The summed E-state index contributed by atoms with van der Waals surface area (Å²) in [7, 11) is 0. The fourth-order valence-electron chi connectivity index (χ4n) is 8.45. The van der Waals surface area contributed by atoms with Crippen molar-refractivity contribution in [3.63, 3.8) is 0 Å². The summed E-state index contributed by atoms with van der Waals surface area (Å²) in [6.45, 7) is 6.30. The molecule has 450 valence electrons. The molecular formula is C74H118O6. The number of hydrogen-bond acceptors (Lipinski definition) is 6. The highest BCUT2D eigenvalue weighted by atomic mass is 16.6. The van der Waals surface area contributed by atoms with Gasteiger partial charge in [-0.2, -0.15) is 0 Å². The predicted molar refractivity (Wildman–Crippen MR) is 348 cm³/mol. The Morgan fingerprint density at radius 1 is 0.263 bits per heavy atom. The molecule has 0 fully saturated rings. The summed E-state index contributed by atoms with van der Waals surface area (Å²) >= 11 is 0. The summed E-state index contributed by atoms with van der Waals surface area (Å²) in [5.74, 6) is -1.02. The third-order valence-corrected chi connectivity index (χ3v) is 13.3. The van der Waals surface area contributed by atoms with Crippen molar-refractivity contribution in [2.24, 2.45) is 0 Å². The first-order valence-electron chi connectivity index (χ1n) is 32.5. The molecule has 0 aliphatic rings. The minimum absolute atomic E-state index is 0.119. The second-order valence-electron chi connectivity index (χ2n) is 20.9. The number of rotatable bonds is 57. The molecule has 0 amide bonds. The van der Waals surface area contributed by atoms with E-state index < -0.39 is 12.1 Å². The Labute approximate surface area is 492 Å². The molecule has 0 heterocycles. The third kappa shape index (κ3) is 63.9. The fourth-order valence-corrected chi connectivity index (χ4v) is 8.45. The van der Waals surface area contributed by atoms with Gasteiger partial charge in [0.2, 0.25) is 0 Å². The number of carbonyl (C=O) groups is 3. The Hall–Kier alpha value is -4.97. The summed E-state index contributed by atoms with van der Waals surface area (Å²) in [5.41, 5.74) is 0. The van der Waals surface area contributed by atoms with Gasteiger partial charge in [0.15, 0.2) is 6.10 Å². The van der Waals surface area contributed by atoms with Crippen molar-refractivity contribution < 1.29 is 28.6 Å². The van der Waals surface area contributed by atoms with Gasteiger partial charge in [0.1, 0.15) is 13.2 Å². The van der Waals surface area contributed by atoms with Crippen LogP contribution in [0.3, 0.4) is 0 Å². The highest BCUT2D eigenvalue weighted by molar-refractivity contribution is 5.71. The quantitative estimate of drug-likeness (QED) is 0.0261. The van der Waals surface area contributed by atoms with Crippen LogP contribution in [0.4, 0.5) is 0 Å². The van der Waals surface area contributed by atoms with E-state index in [4.69, 9.17) is 14.2 Å². The van der Waals surface area contributed by atoms with Crippen LogP contribution in [0, 0.1) is 0 Å². The van der Waals surface area contributed by atoms with Crippen molar-refractivity contribution in [3.05, 3.63) is 158 Å². The highest BCUT2D eigenvalue weighted by Crippen LogP contribution is 2.15. The lowest BCUT2D eigenvalue weighted by Crippen LogP contribution is -2.30. The maximum atomic E-state index is 12.9. The van der Waals surface area contributed by atoms with Gasteiger partial charge in [0.25, 0.3) is 0 Å². The minimum Gasteiger partial charge on any atom is -0.462 e. The van der Waals surface area contributed by atoms with Gasteiger partial charge in [-0.25, -0.2) is 0 Å². The Morgan fingerprint density at radius 3 is 0.812 bits per heavy atom. The van der Waals surface area contributed by atoms with Crippen LogP contribution in [0.5, 0.6) is 0 Å². The number of carbonyl (C=O) groups excluding carboxylic acids is 3. The first kappa shape index (κ1) is 75.0. The van der Waals surface area contributed by atoms with Crippen LogP contribution < -0.4 is 0 Å². The Balaban J connectivity index is 4.40. The number of esters is 3. The molecule has 1 unspecified atom stereocenters. The van der Waals surface area contributed by atoms with Crippen LogP contribution >= 0.6 is 0 Å². The maximum Gasteiger partial charge on any atom is 0.306 e. The molecule has 0 saturated carbocycles. The third-order valence-electron chi connectivity index (χ3n) is 13.3. The van der Waals surface area contributed by atoms with Gasteiger partial charge in [0, 0.05) is 19.3 Å². The van der Waals surface area contributed by atoms with E-state index in [0.29, 0.717) is 19.3 Å². The van der Waals surface area contributed by atoms with E-state index in [0.717, 1.165) is 135 Å². The van der Waals surface area contributed by atoms with Crippen LogP contribution in [-0.4, -0.2) is 37.2 Å². The molecule has 0 aliphatic carbocycles. The van der Waals surface area contributed by atoms with E-state index in [9.17, 15) is 14.4 Å². The summed E-state index contributed by atoms with van der Waals surface area (Å²) in [4.78, 5) is 38.3. The van der Waals surface area contributed by atoms with Crippen molar-refractivity contribution in [2.75, 3.05) is 13.2 Å². The summed E-state index contributed by atoms with van der Waals surface area (Å²) in [5, 5.41) is 0. The molecule has 0 aromatic heterocycles. The van der Waals surface area contributed by atoms with Gasteiger partial charge in [-0.1, -0.05) is 281 Å². The van der Waals surface area contributed by atoms with E-state index in [2.05, 4.69) is 173 Å². The Bertz CT molecular complexity index is 1790. The summed E-state index contributed by atoms with van der Waals surface area (Å²) in [6, 6.07) is 0. The molecule has 0 N–H and O–H groups in total. The number of ether oxygens (including phenoxy) is 3. The Morgan fingerprint density at radius 2 is 0.512 bits per heavy atom. The van der Waals surface area contributed by atoms with Crippen LogP contribution in [0.2, 0.25) is 0 Å². The average Bonchev–Trinajstić information content (AvgIpc) is 3.46. The largest absolute Gasteiger partial charge is 0.462 e. The SMILES string of the molecule is CC/C=C\C/C=C\C/C=C\C/C=C\C/C=C\C/C=C\CCC(=O)OC(COC(=O)CCCCCCC/C=C\C/C=C\CCCC)COC(=O)CCCCCCCCCCCCCCC/C=C\C/C=C\C/C=C\C/C=C\C/C=C\CC. The van der Waals surface area contributed by atoms with Crippen molar-refractivity contribution in [2.45, 2.75) is 277 Å². The Kier molecular flexibility index (Phi) is 62.4.